The lowest BCUT2D eigenvalue weighted by atomic mass is 9.97. The molecule has 0 aromatic heterocycles. The van der Waals surface area contributed by atoms with E-state index in [0.29, 0.717) is 17.5 Å². The predicted octanol–water partition coefficient (Wildman–Crippen LogP) is 3.83. The van der Waals surface area contributed by atoms with Crippen LogP contribution in [0.3, 0.4) is 0 Å². The summed E-state index contributed by atoms with van der Waals surface area (Å²) in [5, 5.41) is 0. The Kier molecular flexibility index (Phi) is 4.94. The summed E-state index contributed by atoms with van der Waals surface area (Å²) in [6, 6.07) is 5.83. The lowest BCUT2D eigenvalue weighted by molar-refractivity contribution is -0.138. The SMILES string of the molecule is CC(C)CN(C1CC1)C(CN)c1ccccc1C(F)(F)F. The van der Waals surface area contributed by atoms with Gasteiger partial charge in [0.05, 0.1) is 5.56 Å². The van der Waals surface area contributed by atoms with E-state index in [0.717, 1.165) is 25.5 Å². The van der Waals surface area contributed by atoms with Crippen molar-refractivity contribution in [3.8, 4) is 0 Å². The van der Waals surface area contributed by atoms with Gasteiger partial charge in [0.1, 0.15) is 0 Å². The minimum atomic E-state index is -4.34. The smallest absolute Gasteiger partial charge is 0.329 e. The van der Waals surface area contributed by atoms with E-state index in [9.17, 15) is 13.2 Å². The average molecular weight is 300 g/mol. The van der Waals surface area contributed by atoms with Crippen molar-refractivity contribution in [2.75, 3.05) is 13.1 Å². The maximum atomic E-state index is 13.2. The van der Waals surface area contributed by atoms with Gasteiger partial charge in [0.15, 0.2) is 0 Å². The fourth-order valence-electron chi connectivity index (χ4n) is 2.85. The van der Waals surface area contributed by atoms with Crippen molar-refractivity contribution in [1.29, 1.82) is 0 Å². The second-order valence-electron chi connectivity index (χ2n) is 6.16. The first kappa shape index (κ1) is 16.3. The molecule has 1 atom stereocenters. The Hall–Kier alpha value is -1.07. The van der Waals surface area contributed by atoms with Crippen LogP contribution < -0.4 is 5.73 Å². The van der Waals surface area contributed by atoms with E-state index in [1.54, 1.807) is 12.1 Å². The summed E-state index contributed by atoms with van der Waals surface area (Å²) in [4.78, 5) is 2.16. The summed E-state index contributed by atoms with van der Waals surface area (Å²) in [7, 11) is 0. The van der Waals surface area contributed by atoms with Gasteiger partial charge in [0, 0.05) is 25.2 Å². The maximum Gasteiger partial charge on any atom is 0.416 e. The molecule has 1 aliphatic carbocycles. The fraction of sp³-hybridized carbons (Fsp3) is 0.625. The summed E-state index contributed by atoms with van der Waals surface area (Å²) in [5.74, 6) is 0.401. The second kappa shape index (κ2) is 6.36. The highest BCUT2D eigenvalue weighted by atomic mass is 19.4. The molecule has 1 aromatic rings. The van der Waals surface area contributed by atoms with E-state index in [4.69, 9.17) is 5.73 Å². The Balaban J connectivity index is 2.36. The van der Waals surface area contributed by atoms with Gasteiger partial charge in [0.2, 0.25) is 0 Å². The minimum Gasteiger partial charge on any atom is -0.329 e. The molecule has 1 fully saturated rings. The summed E-state index contributed by atoms with van der Waals surface area (Å²) >= 11 is 0. The molecule has 2 rings (SSSR count). The standard InChI is InChI=1S/C16H23F3N2/c1-11(2)10-21(12-7-8-12)15(9-20)13-5-3-4-6-14(13)16(17,18)19/h3-6,11-12,15H,7-10,20H2,1-2H3. The van der Waals surface area contributed by atoms with Crippen molar-refractivity contribution in [3.05, 3.63) is 35.4 Å². The number of alkyl halides is 3. The Bertz CT molecular complexity index is 467. The van der Waals surface area contributed by atoms with Gasteiger partial charge in [0.25, 0.3) is 0 Å². The second-order valence-corrected chi connectivity index (χ2v) is 6.16. The van der Waals surface area contributed by atoms with Crippen LogP contribution in [0.15, 0.2) is 24.3 Å². The molecule has 2 N–H and O–H groups in total. The van der Waals surface area contributed by atoms with E-state index in [1.165, 1.54) is 6.07 Å². The van der Waals surface area contributed by atoms with Gasteiger partial charge in [-0.05, 0) is 30.4 Å². The molecule has 0 spiro atoms. The number of hydrogen-bond donors (Lipinski definition) is 1. The summed E-state index contributed by atoms with van der Waals surface area (Å²) in [6.45, 7) is 5.15. The number of halogens is 3. The first-order valence-corrected chi connectivity index (χ1v) is 7.46. The quantitative estimate of drug-likeness (QED) is 0.865. The molecular formula is C16H23F3N2. The van der Waals surface area contributed by atoms with Crippen LogP contribution in [-0.4, -0.2) is 24.0 Å². The molecule has 0 amide bonds. The van der Waals surface area contributed by atoms with Gasteiger partial charge in [-0.1, -0.05) is 32.0 Å². The van der Waals surface area contributed by atoms with E-state index in [2.05, 4.69) is 18.7 Å². The molecule has 0 heterocycles. The Morgan fingerprint density at radius 3 is 2.33 bits per heavy atom. The summed E-state index contributed by atoms with van der Waals surface area (Å²) in [6.07, 6.45) is -2.23. The first-order chi connectivity index (χ1) is 9.84. The van der Waals surface area contributed by atoms with E-state index in [-0.39, 0.29) is 12.6 Å². The van der Waals surface area contributed by atoms with Gasteiger partial charge in [-0.3, -0.25) is 4.90 Å². The van der Waals surface area contributed by atoms with Crippen molar-refractivity contribution in [3.63, 3.8) is 0 Å². The highest BCUT2D eigenvalue weighted by Crippen LogP contribution is 2.40. The molecule has 1 aliphatic rings. The predicted molar refractivity (Wildman–Crippen MR) is 77.8 cm³/mol. The van der Waals surface area contributed by atoms with Gasteiger partial charge < -0.3 is 5.73 Å². The third kappa shape index (κ3) is 3.98. The molecule has 0 bridgehead atoms. The van der Waals surface area contributed by atoms with Crippen LogP contribution in [0.2, 0.25) is 0 Å². The van der Waals surface area contributed by atoms with Crippen LogP contribution in [0.5, 0.6) is 0 Å². The third-order valence-electron chi connectivity index (χ3n) is 3.84. The maximum absolute atomic E-state index is 13.2. The van der Waals surface area contributed by atoms with Gasteiger partial charge in [-0.2, -0.15) is 13.2 Å². The zero-order valence-electron chi connectivity index (χ0n) is 12.5. The summed E-state index contributed by atoms with van der Waals surface area (Å²) < 4.78 is 39.7. The molecule has 5 heteroatoms. The van der Waals surface area contributed by atoms with Crippen molar-refractivity contribution in [2.45, 2.75) is 44.9 Å². The molecule has 118 valence electrons. The van der Waals surface area contributed by atoms with Crippen LogP contribution >= 0.6 is 0 Å². The van der Waals surface area contributed by atoms with Crippen molar-refractivity contribution in [1.82, 2.24) is 4.90 Å². The van der Waals surface area contributed by atoms with Gasteiger partial charge in [-0.25, -0.2) is 0 Å². The topological polar surface area (TPSA) is 29.3 Å². The lowest BCUT2D eigenvalue weighted by Gasteiger charge is -2.34. The zero-order chi connectivity index (χ0) is 15.6. The normalized spacial score (nSPS) is 17.5. The molecule has 0 radical (unpaired) electrons. The molecule has 1 saturated carbocycles. The van der Waals surface area contributed by atoms with Crippen LogP contribution in [0.1, 0.15) is 43.9 Å². The average Bonchev–Trinajstić information content (AvgIpc) is 3.21. The van der Waals surface area contributed by atoms with Crippen molar-refractivity contribution < 1.29 is 13.2 Å². The molecule has 0 saturated heterocycles. The fourth-order valence-corrected chi connectivity index (χ4v) is 2.85. The number of rotatable bonds is 6. The third-order valence-corrected chi connectivity index (χ3v) is 3.84. The molecule has 1 aromatic carbocycles. The van der Waals surface area contributed by atoms with Crippen LogP contribution in [-0.2, 0) is 6.18 Å². The molecule has 0 aliphatic heterocycles. The minimum absolute atomic E-state index is 0.205. The van der Waals surface area contributed by atoms with E-state index in [1.807, 2.05) is 0 Å². The Labute approximate surface area is 124 Å². The van der Waals surface area contributed by atoms with Crippen LogP contribution in [0, 0.1) is 5.92 Å². The number of nitrogens with two attached hydrogens (primary N) is 1. The zero-order valence-corrected chi connectivity index (χ0v) is 12.5. The van der Waals surface area contributed by atoms with Crippen molar-refractivity contribution in [2.24, 2.45) is 11.7 Å². The van der Waals surface area contributed by atoms with Crippen LogP contribution in [0.4, 0.5) is 13.2 Å². The molecular weight excluding hydrogens is 277 g/mol. The molecule has 1 unspecified atom stereocenters. The Morgan fingerprint density at radius 1 is 1.24 bits per heavy atom. The number of nitrogens with zero attached hydrogens (tertiary/aromatic N) is 1. The van der Waals surface area contributed by atoms with E-state index < -0.39 is 11.7 Å². The van der Waals surface area contributed by atoms with Crippen molar-refractivity contribution >= 4 is 0 Å². The lowest BCUT2D eigenvalue weighted by Crippen LogP contribution is -2.39. The first-order valence-electron chi connectivity index (χ1n) is 7.46. The number of hydrogen-bond acceptors (Lipinski definition) is 2. The highest BCUT2D eigenvalue weighted by Gasteiger charge is 2.39. The van der Waals surface area contributed by atoms with Crippen LogP contribution in [0.25, 0.3) is 0 Å². The largest absolute Gasteiger partial charge is 0.416 e. The molecule has 2 nitrogen and oxygen atoms in total. The van der Waals surface area contributed by atoms with Gasteiger partial charge >= 0.3 is 6.18 Å². The van der Waals surface area contributed by atoms with Gasteiger partial charge in [-0.15, -0.1) is 0 Å². The molecule has 21 heavy (non-hydrogen) atoms. The monoisotopic (exact) mass is 300 g/mol. The number of benzene rings is 1. The highest BCUT2D eigenvalue weighted by molar-refractivity contribution is 5.33. The Morgan fingerprint density at radius 2 is 1.86 bits per heavy atom. The summed E-state index contributed by atoms with van der Waals surface area (Å²) in [5.41, 5.74) is 5.60. The van der Waals surface area contributed by atoms with E-state index >= 15 is 0 Å².